The lowest BCUT2D eigenvalue weighted by Crippen LogP contribution is -2.26. The first kappa shape index (κ1) is 16.4. The Morgan fingerprint density at radius 1 is 1.22 bits per heavy atom. The van der Waals surface area contributed by atoms with Crippen LogP contribution in [0.5, 0.6) is 0 Å². The van der Waals surface area contributed by atoms with Gasteiger partial charge in [0.25, 0.3) is 0 Å². The van der Waals surface area contributed by atoms with Crippen LogP contribution in [-0.4, -0.2) is 17.5 Å². The number of carbonyl (C=O) groups excluding carboxylic acids is 2. The predicted molar refractivity (Wildman–Crippen MR) is 82.1 cm³/mol. The van der Waals surface area contributed by atoms with Gasteiger partial charge in [0.05, 0.1) is 12.7 Å². The summed E-state index contributed by atoms with van der Waals surface area (Å²) >= 11 is 0. The molecule has 0 aliphatic carbocycles. The van der Waals surface area contributed by atoms with E-state index in [4.69, 9.17) is 4.42 Å². The third-order valence-electron chi connectivity index (χ3n) is 2.91. The third-order valence-corrected chi connectivity index (χ3v) is 2.91. The summed E-state index contributed by atoms with van der Waals surface area (Å²) in [4.78, 5) is 23.4. The number of benzene rings is 1. The molecule has 0 unspecified atom stereocenters. The molecule has 1 heterocycles. The Morgan fingerprint density at radius 3 is 2.61 bits per heavy atom. The Hall–Kier alpha value is -2.96. The molecule has 6 nitrogen and oxygen atoms in total. The summed E-state index contributed by atoms with van der Waals surface area (Å²) in [6, 6.07) is 8.96. The number of amides is 2. The van der Waals surface area contributed by atoms with Crippen LogP contribution in [0.2, 0.25) is 0 Å². The minimum atomic E-state index is -0.485. The van der Waals surface area contributed by atoms with E-state index in [0.717, 1.165) is 5.56 Å². The summed E-state index contributed by atoms with van der Waals surface area (Å²) in [5, 5.41) is 6.52. The molecule has 0 bridgehead atoms. The third kappa shape index (κ3) is 5.39. The lowest BCUT2D eigenvalue weighted by Gasteiger charge is -2.05. The standard InChI is InChI=1S/C16H16FN3O3/c1-11(19-20-16(22)14-3-2-8-23-14)9-15(21)18-10-12-4-6-13(17)7-5-12/h2-8H,9-10H2,1H3,(H,18,21)(H,20,22)/b19-11+. The van der Waals surface area contributed by atoms with Gasteiger partial charge in [-0.05, 0) is 36.8 Å². The van der Waals surface area contributed by atoms with Crippen molar-refractivity contribution >= 4 is 17.5 Å². The van der Waals surface area contributed by atoms with Crippen molar-refractivity contribution < 1.29 is 18.4 Å². The number of hydrogen-bond acceptors (Lipinski definition) is 4. The van der Waals surface area contributed by atoms with Gasteiger partial charge in [0.2, 0.25) is 5.91 Å². The SMILES string of the molecule is C/C(CC(=O)NCc1ccc(F)cc1)=N\NC(=O)c1ccco1. The van der Waals surface area contributed by atoms with E-state index >= 15 is 0 Å². The number of nitrogens with zero attached hydrogens (tertiary/aromatic N) is 1. The number of carbonyl (C=O) groups is 2. The molecule has 0 spiro atoms. The molecule has 7 heteroatoms. The zero-order valence-electron chi connectivity index (χ0n) is 12.5. The minimum absolute atomic E-state index is 0.0413. The smallest absolute Gasteiger partial charge is 0.307 e. The highest BCUT2D eigenvalue weighted by molar-refractivity contribution is 6.00. The van der Waals surface area contributed by atoms with Crippen molar-refractivity contribution in [1.29, 1.82) is 0 Å². The second-order valence-corrected chi connectivity index (χ2v) is 4.85. The highest BCUT2D eigenvalue weighted by atomic mass is 19.1. The van der Waals surface area contributed by atoms with Gasteiger partial charge in [-0.3, -0.25) is 9.59 Å². The molecule has 2 rings (SSSR count). The second-order valence-electron chi connectivity index (χ2n) is 4.85. The maximum atomic E-state index is 12.8. The van der Waals surface area contributed by atoms with Gasteiger partial charge in [-0.15, -0.1) is 0 Å². The van der Waals surface area contributed by atoms with Crippen molar-refractivity contribution in [3.05, 3.63) is 59.8 Å². The summed E-state index contributed by atoms with van der Waals surface area (Å²) in [6.07, 6.45) is 1.42. The Labute approximate surface area is 132 Å². The molecule has 0 radical (unpaired) electrons. The van der Waals surface area contributed by atoms with Crippen molar-refractivity contribution in [2.24, 2.45) is 5.10 Å². The van der Waals surface area contributed by atoms with Crippen LogP contribution in [-0.2, 0) is 11.3 Å². The monoisotopic (exact) mass is 317 g/mol. The lowest BCUT2D eigenvalue weighted by atomic mass is 10.2. The molecule has 0 aliphatic heterocycles. The van der Waals surface area contributed by atoms with Crippen LogP contribution in [0.4, 0.5) is 4.39 Å². The lowest BCUT2D eigenvalue weighted by molar-refractivity contribution is -0.120. The molecule has 0 aliphatic rings. The number of rotatable bonds is 6. The molecule has 2 N–H and O–H groups in total. The Morgan fingerprint density at radius 2 is 1.96 bits per heavy atom. The maximum absolute atomic E-state index is 12.8. The van der Waals surface area contributed by atoms with Crippen molar-refractivity contribution in [2.75, 3.05) is 0 Å². The molecular weight excluding hydrogens is 301 g/mol. The molecule has 0 atom stereocenters. The van der Waals surface area contributed by atoms with Crippen LogP contribution in [0.3, 0.4) is 0 Å². The summed E-state index contributed by atoms with van der Waals surface area (Å²) in [7, 11) is 0. The molecule has 1 aromatic carbocycles. The number of halogens is 1. The van der Waals surface area contributed by atoms with Crippen LogP contribution in [0.1, 0.15) is 29.5 Å². The highest BCUT2D eigenvalue weighted by Crippen LogP contribution is 2.02. The van der Waals surface area contributed by atoms with E-state index in [-0.39, 0.29) is 23.9 Å². The Bertz CT molecular complexity index is 694. The van der Waals surface area contributed by atoms with Crippen LogP contribution in [0.15, 0.2) is 52.2 Å². The molecular formula is C16H16FN3O3. The van der Waals surface area contributed by atoms with E-state index < -0.39 is 5.91 Å². The quantitative estimate of drug-likeness (QED) is 0.633. The fourth-order valence-corrected chi connectivity index (χ4v) is 1.75. The molecule has 1 aromatic heterocycles. The number of nitrogens with one attached hydrogen (secondary N) is 2. The topological polar surface area (TPSA) is 83.7 Å². The molecule has 0 saturated carbocycles. The largest absolute Gasteiger partial charge is 0.459 e. The predicted octanol–water partition coefficient (Wildman–Crippen LogP) is 2.23. The van der Waals surface area contributed by atoms with E-state index in [2.05, 4.69) is 15.8 Å². The van der Waals surface area contributed by atoms with Gasteiger partial charge in [0.1, 0.15) is 5.82 Å². The minimum Gasteiger partial charge on any atom is -0.459 e. The maximum Gasteiger partial charge on any atom is 0.307 e. The van der Waals surface area contributed by atoms with Gasteiger partial charge < -0.3 is 9.73 Å². The summed E-state index contributed by atoms with van der Waals surface area (Å²) in [6.45, 7) is 1.92. The van der Waals surface area contributed by atoms with Crippen molar-refractivity contribution in [3.8, 4) is 0 Å². The van der Waals surface area contributed by atoms with Crippen LogP contribution in [0.25, 0.3) is 0 Å². The molecule has 2 amide bonds. The van der Waals surface area contributed by atoms with E-state index in [1.54, 1.807) is 25.1 Å². The average Bonchev–Trinajstić information content (AvgIpc) is 3.06. The first-order chi connectivity index (χ1) is 11.0. The molecule has 23 heavy (non-hydrogen) atoms. The zero-order chi connectivity index (χ0) is 16.7. The summed E-state index contributed by atoms with van der Waals surface area (Å²) in [5.41, 5.74) is 3.54. The van der Waals surface area contributed by atoms with Gasteiger partial charge in [-0.25, -0.2) is 9.82 Å². The van der Waals surface area contributed by atoms with E-state index in [0.29, 0.717) is 12.3 Å². The molecule has 2 aromatic rings. The van der Waals surface area contributed by atoms with Gasteiger partial charge in [-0.2, -0.15) is 5.10 Å². The number of furan rings is 1. The normalized spacial score (nSPS) is 11.1. The highest BCUT2D eigenvalue weighted by Gasteiger charge is 2.08. The first-order valence-corrected chi connectivity index (χ1v) is 6.93. The molecule has 120 valence electrons. The van der Waals surface area contributed by atoms with Crippen LogP contribution >= 0.6 is 0 Å². The van der Waals surface area contributed by atoms with E-state index in [9.17, 15) is 14.0 Å². The number of hydrogen-bond donors (Lipinski definition) is 2. The second kappa shape index (κ2) is 7.88. The summed E-state index contributed by atoms with van der Waals surface area (Å²) < 4.78 is 17.7. The Kier molecular flexibility index (Phi) is 5.62. The fraction of sp³-hybridized carbons (Fsp3) is 0.188. The zero-order valence-corrected chi connectivity index (χ0v) is 12.5. The summed E-state index contributed by atoms with van der Waals surface area (Å²) in [5.74, 6) is -0.915. The Balaban J connectivity index is 1.76. The average molecular weight is 317 g/mol. The van der Waals surface area contributed by atoms with Crippen LogP contribution < -0.4 is 10.7 Å². The first-order valence-electron chi connectivity index (χ1n) is 6.93. The van der Waals surface area contributed by atoms with Crippen molar-refractivity contribution in [3.63, 3.8) is 0 Å². The van der Waals surface area contributed by atoms with E-state index in [1.807, 2.05) is 0 Å². The van der Waals surface area contributed by atoms with Crippen molar-refractivity contribution in [2.45, 2.75) is 19.9 Å². The van der Waals surface area contributed by atoms with Gasteiger partial charge in [-0.1, -0.05) is 12.1 Å². The van der Waals surface area contributed by atoms with Gasteiger partial charge in [0, 0.05) is 12.3 Å². The number of hydrazone groups is 1. The van der Waals surface area contributed by atoms with Crippen molar-refractivity contribution in [1.82, 2.24) is 10.7 Å². The molecule has 0 fully saturated rings. The van der Waals surface area contributed by atoms with Gasteiger partial charge in [0.15, 0.2) is 5.76 Å². The van der Waals surface area contributed by atoms with Crippen LogP contribution in [0, 0.1) is 5.82 Å². The molecule has 0 saturated heterocycles. The van der Waals surface area contributed by atoms with E-state index in [1.165, 1.54) is 24.5 Å². The van der Waals surface area contributed by atoms with Gasteiger partial charge >= 0.3 is 5.91 Å². The fourth-order valence-electron chi connectivity index (χ4n) is 1.75.